The van der Waals surface area contributed by atoms with Gasteiger partial charge in [-0.1, -0.05) is 0 Å². The third-order valence-corrected chi connectivity index (χ3v) is 24.9. The molecule has 1 aliphatic rings. The van der Waals surface area contributed by atoms with E-state index in [1.165, 1.54) is 63.5 Å². The molecule has 0 nitrogen and oxygen atoms in total. The average Bonchev–Trinajstić information content (AvgIpc) is 3.36. The molecule has 2 unspecified atom stereocenters. The van der Waals surface area contributed by atoms with Gasteiger partial charge in [0.25, 0.3) is 0 Å². The van der Waals surface area contributed by atoms with Crippen molar-refractivity contribution >= 4 is 62.4 Å². The number of aryl methyl sites for hydroxylation is 1. The minimum atomic E-state index is -2.06. The Morgan fingerprint density at radius 3 is 2.16 bits per heavy atom. The normalized spacial score (nSPS) is 18.9. The van der Waals surface area contributed by atoms with Crippen molar-refractivity contribution in [2.75, 3.05) is 0 Å². The fourth-order valence-corrected chi connectivity index (χ4v) is 20.6. The molecule has 32 heavy (non-hydrogen) atoms. The van der Waals surface area contributed by atoms with Gasteiger partial charge in [-0.15, -0.1) is 0 Å². The van der Waals surface area contributed by atoms with Crippen LogP contribution in [0.2, 0.25) is 26.9 Å². The van der Waals surface area contributed by atoms with Crippen LogP contribution in [0, 0.1) is 18.8 Å². The molecule has 0 aromatic carbocycles. The number of fused-ring (bicyclic) bond motifs is 3. The number of hydrogen-bond donors (Lipinski definition) is 0. The van der Waals surface area contributed by atoms with E-state index in [-0.39, 0.29) is 0 Å². The molecule has 2 atom stereocenters. The average molecular weight is 596 g/mol. The van der Waals surface area contributed by atoms with Crippen molar-refractivity contribution in [3.05, 3.63) is 17.0 Å². The summed E-state index contributed by atoms with van der Waals surface area (Å²) in [7, 11) is -1.63. The molecule has 3 rings (SSSR count). The molecule has 0 bridgehead atoms. The molecule has 0 N–H and O–H groups in total. The number of hydrogen-bond acceptors (Lipinski definition) is 2. The molecule has 0 saturated heterocycles. The van der Waals surface area contributed by atoms with Crippen LogP contribution in [-0.2, 0) is 0 Å². The standard InChI is InChI=1S/C25H39S2Si.3CH3.Sn/c1-6-7-8-9-16-28(17-14-20(4)12-10-11-19(2)3)22-13-15-26-24(22)25-23(28)18-21(5)27-25;;;;/h13,18-20H,6-12,14,16-17H2,1-5H3;3*1H3;. The Morgan fingerprint density at radius 2 is 1.50 bits per heavy atom. The molecular formula is C28H48S2SiSn. The Balaban J connectivity index is 1.92. The number of thiophene rings is 2. The van der Waals surface area contributed by atoms with Crippen molar-refractivity contribution in [3.8, 4) is 9.75 Å². The quantitative estimate of drug-likeness (QED) is 0.161. The first kappa shape index (κ1) is 27.0. The van der Waals surface area contributed by atoms with Gasteiger partial charge < -0.3 is 0 Å². The fraction of sp³-hybridized carbons (Fsp3) is 0.714. The third-order valence-electron chi connectivity index (χ3n) is 7.56. The van der Waals surface area contributed by atoms with E-state index in [0.29, 0.717) is 0 Å². The van der Waals surface area contributed by atoms with Crippen molar-refractivity contribution in [1.82, 2.24) is 0 Å². The number of rotatable bonds is 13. The summed E-state index contributed by atoms with van der Waals surface area (Å²) in [4.78, 5) is 12.8. The van der Waals surface area contributed by atoms with Gasteiger partial charge >= 0.3 is 214 Å². The van der Waals surface area contributed by atoms with E-state index >= 15 is 0 Å². The maximum absolute atomic E-state index is 2.79. The molecule has 0 saturated carbocycles. The molecular weight excluding hydrogens is 547 g/mol. The van der Waals surface area contributed by atoms with Crippen LogP contribution in [0.25, 0.3) is 9.75 Å². The van der Waals surface area contributed by atoms with Crippen molar-refractivity contribution in [3.63, 3.8) is 0 Å². The van der Waals surface area contributed by atoms with Crippen LogP contribution in [0.1, 0.15) is 83.9 Å². The van der Waals surface area contributed by atoms with E-state index < -0.39 is 26.5 Å². The molecule has 1 aliphatic heterocycles. The molecule has 0 radical (unpaired) electrons. The van der Waals surface area contributed by atoms with Crippen LogP contribution >= 0.6 is 22.7 Å². The van der Waals surface area contributed by atoms with Crippen molar-refractivity contribution in [2.24, 2.45) is 11.8 Å². The van der Waals surface area contributed by atoms with Gasteiger partial charge in [0.1, 0.15) is 0 Å². The summed E-state index contributed by atoms with van der Waals surface area (Å²) in [6, 6.07) is 8.42. The van der Waals surface area contributed by atoms with Gasteiger partial charge in [0, 0.05) is 0 Å². The molecule has 0 fully saturated rings. The second kappa shape index (κ2) is 11.4. The molecule has 3 heterocycles. The molecule has 180 valence electrons. The Hall–Kier alpha value is 0.416. The fourth-order valence-electron chi connectivity index (χ4n) is 5.50. The van der Waals surface area contributed by atoms with Gasteiger partial charge in [-0.25, -0.2) is 0 Å². The summed E-state index contributed by atoms with van der Waals surface area (Å²) in [5.74, 6) is 1.73. The monoisotopic (exact) mass is 596 g/mol. The van der Waals surface area contributed by atoms with Crippen LogP contribution in [-0.4, -0.2) is 26.5 Å². The Bertz CT molecular complexity index is 873. The molecule has 4 heteroatoms. The first-order chi connectivity index (χ1) is 15.1. The second-order valence-corrected chi connectivity index (χ2v) is 34.0. The van der Waals surface area contributed by atoms with E-state index in [1.807, 2.05) is 13.3 Å². The zero-order valence-electron chi connectivity index (χ0n) is 22.2. The molecule has 0 aliphatic carbocycles. The van der Waals surface area contributed by atoms with Crippen LogP contribution in [0.15, 0.2) is 12.1 Å². The summed E-state index contributed by atoms with van der Waals surface area (Å²) < 4.78 is 1.82. The van der Waals surface area contributed by atoms with E-state index in [1.54, 1.807) is 14.6 Å². The first-order valence-electron chi connectivity index (χ1n) is 13.3. The van der Waals surface area contributed by atoms with E-state index in [4.69, 9.17) is 0 Å². The number of unbranched alkanes of at least 4 members (excludes halogenated alkanes) is 3. The predicted molar refractivity (Wildman–Crippen MR) is 157 cm³/mol. The SMILES string of the molecule is CCCCCC[Si]1(CCC(C)CCCC(C)C)c2cc(C)sc2-c2s[c]([Sn]([CH3])([CH3])[CH3])cc21. The zero-order valence-corrected chi connectivity index (χ0v) is 27.7. The summed E-state index contributed by atoms with van der Waals surface area (Å²) in [5, 5.41) is 3.74. The van der Waals surface area contributed by atoms with Gasteiger partial charge in [0.2, 0.25) is 0 Å². The van der Waals surface area contributed by atoms with Crippen LogP contribution in [0.5, 0.6) is 0 Å². The second-order valence-electron chi connectivity index (χ2n) is 12.1. The van der Waals surface area contributed by atoms with Crippen LogP contribution in [0.4, 0.5) is 0 Å². The van der Waals surface area contributed by atoms with Crippen molar-refractivity contribution in [1.29, 1.82) is 0 Å². The Labute approximate surface area is 212 Å². The van der Waals surface area contributed by atoms with Gasteiger partial charge in [-0.3, -0.25) is 0 Å². The molecule has 2 aromatic heterocycles. The van der Waals surface area contributed by atoms with Gasteiger partial charge in [-0.05, 0) is 0 Å². The van der Waals surface area contributed by atoms with E-state index in [0.717, 1.165) is 11.8 Å². The summed E-state index contributed by atoms with van der Waals surface area (Å²) in [6.07, 6.45) is 11.3. The third kappa shape index (κ3) is 6.15. The van der Waals surface area contributed by atoms with E-state index in [2.05, 4.69) is 84.2 Å². The van der Waals surface area contributed by atoms with Gasteiger partial charge in [0.05, 0.1) is 0 Å². The van der Waals surface area contributed by atoms with Crippen LogP contribution < -0.4 is 13.3 Å². The van der Waals surface area contributed by atoms with Gasteiger partial charge in [0.15, 0.2) is 0 Å². The van der Waals surface area contributed by atoms with Gasteiger partial charge in [-0.2, -0.15) is 0 Å². The summed E-state index contributed by atoms with van der Waals surface area (Å²) in [5.41, 5.74) is 0. The predicted octanol–water partition coefficient (Wildman–Crippen LogP) is 8.64. The maximum atomic E-state index is 2.79. The Kier molecular flexibility index (Phi) is 9.65. The topological polar surface area (TPSA) is 0 Å². The zero-order chi connectivity index (χ0) is 23.5. The Morgan fingerprint density at radius 1 is 0.812 bits per heavy atom. The summed E-state index contributed by atoms with van der Waals surface area (Å²) >= 11 is 2.27. The molecule has 0 spiro atoms. The molecule has 2 aromatic rings. The van der Waals surface area contributed by atoms with E-state index in [9.17, 15) is 0 Å². The summed E-state index contributed by atoms with van der Waals surface area (Å²) in [6.45, 7) is 12.0. The first-order valence-corrected chi connectivity index (χ1v) is 27.4. The van der Waals surface area contributed by atoms with Crippen molar-refractivity contribution in [2.45, 2.75) is 113 Å². The molecule has 0 amide bonds. The van der Waals surface area contributed by atoms with Crippen molar-refractivity contribution < 1.29 is 0 Å². The van der Waals surface area contributed by atoms with Crippen LogP contribution in [0.3, 0.4) is 0 Å². The minimum absolute atomic E-state index is 0.850.